The Balaban J connectivity index is 1.29. The fourth-order valence-corrected chi connectivity index (χ4v) is 4.15. The van der Waals surface area contributed by atoms with Crippen molar-refractivity contribution in [1.29, 1.82) is 0 Å². The number of nitrogens with one attached hydrogen (secondary N) is 1. The highest BCUT2D eigenvalue weighted by atomic mass is 32.2. The van der Waals surface area contributed by atoms with Gasteiger partial charge >= 0.3 is 6.03 Å². The standard InChI is InChI=1S/C18H28N4OS/c23-18(22-13-15-24-16-14-22)19-7-4-8-20-9-11-21(12-10-20)17-5-2-1-3-6-17/h1-3,5-6H,4,7-16H2,(H,19,23). The Morgan fingerprint density at radius 3 is 2.42 bits per heavy atom. The van der Waals surface area contributed by atoms with Gasteiger partial charge in [0.1, 0.15) is 0 Å². The van der Waals surface area contributed by atoms with Crippen LogP contribution < -0.4 is 10.2 Å². The number of anilines is 1. The molecule has 5 nitrogen and oxygen atoms in total. The SMILES string of the molecule is O=C(NCCCN1CCN(c2ccccc2)CC1)N1CCSCC1. The number of nitrogens with zero attached hydrogens (tertiary/aromatic N) is 3. The van der Waals surface area contributed by atoms with E-state index in [1.807, 2.05) is 16.7 Å². The van der Waals surface area contributed by atoms with Gasteiger partial charge < -0.3 is 15.1 Å². The molecule has 2 aliphatic heterocycles. The number of urea groups is 1. The summed E-state index contributed by atoms with van der Waals surface area (Å²) in [6.45, 7) is 8.00. The molecular formula is C18H28N4OS. The van der Waals surface area contributed by atoms with E-state index < -0.39 is 0 Å². The van der Waals surface area contributed by atoms with Gasteiger partial charge in [-0.25, -0.2) is 4.79 Å². The third-order valence-corrected chi connectivity index (χ3v) is 5.66. The topological polar surface area (TPSA) is 38.8 Å². The summed E-state index contributed by atoms with van der Waals surface area (Å²) in [6.07, 6.45) is 1.03. The number of carbonyl (C=O) groups excluding carboxylic acids is 1. The highest BCUT2D eigenvalue weighted by Crippen LogP contribution is 2.15. The van der Waals surface area contributed by atoms with Crippen LogP contribution in [0, 0.1) is 0 Å². The number of hydrogen-bond donors (Lipinski definition) is 1. The molecule has 1 aromatic rings. The summed E-state index contributed by atoms with van der Waals surface area (Å²) < 4.78 is 0. The van der Waals surface area contributed by atoms with Crippen LogP contribution in [0.25, 0.3) is 0 Å². The van der Waals surface area contributed by atoms with Gasteiger partial charge in [0.15, 0.2) is 0 Å². The molecule has 0 aromatic heterocycles. The molecule has 0 bridgehead atoms. The number of piperazine rings is 1. The normalized spacial score (nSPS) is 19.3. The molecule has 24 heavy (non-hydrogen) atoms. The van der Waals surface area contributed by atoms with Gasteiger partial charge in [0.05, 0.1) is 0 Å². The van der Waals surface area contributed by atoms with Crippen LogP contribution in [0.3, 0.4) is 0 Å². The fourth-order valence-electron chi connectivity index (χ4n) is 3.24. The Kier molecular flexibility index (Phi) is 6.66. The minimum atomic E-state index is 0.115. The van der Waals surface area contributed by atoms with E-state index in [0.29, 0.717) is 0 Å². The lowest BCUT2D eigenvalue weighted by Crippen LogP contribution is -2.47. The van der Waals surface area contributed by atoms with Gasteiger partial charge in [0.2, 0.25) is 0 Å². The van der Waals surface area contributed by atoms with Crippen LogP contribution in [-0.4, -0.2) is 79.7 Å². The number of thioether (sulfide) groups is 1. The zero-order chi connectivity index (χ0) is 16.6. The smallest absolute Gasteiger partial charge is 0.317 e. The van der Waals surface area contributed by atoms with E-state index in [9.17, 15) is 4.79 Å². The lowest BCUT2D eigenvalue weighted by Gasteiger charge is -2.36. The number of hydrogen-bond acceptors (Lipinski definition) is 4. The summed E-state index contributed by atoms with van der Waals surface area (Å²) in [6, 6.07) is 10.8. The number of carbonyl (C=O) groups is 1. The van der Waals surface area contributed by atoms with E-state index >= 15 is 0 Å². The van der Waals surface area contributed by atoms with Crippen LogP contribution >= 0.6 is 11.8 Å². The predicted octanol–water partition coefficient (Wildman–Crippen LogP) is 1.96. The molecule has 1 aromatic carbocycles. The number of benzene rings is 1. The molecule has 1 N–H and O–H groups in total. The van der Waals surface area contributed by atoms with Crippen LogP contribution in [-0.2, 0) is 0 Å². The van der Waals surface area contributed by atoms with Gasteiger partial charge in [-0.15, -0.1) is 0 Å². The van der Waals surface area contributed by atoms with Gasteiger partial charge in [0.25, 0.3) is 0 Å². The van der Waals surface area contributed by atoms with Gasteiger partial charge in [-0.1, -0.05) is 18.2 Å². The lowest BCUT2D eigenvalue weighted by atomic mass is 10.2. The third-order valence-electron chi connectivity index (χ3n) is 4.72. The molecule has 2 saturated heterocycles. The Labute approximate surface area is 149 Å². The second-order valence-electron chi connectivity index (χ2n) is 6.35. The summed E-state index contributed by atoms with van der Waals surface area (Å²) in [5.74, 6) is 2.14. The summed E-state index contributed by atoms with van der Waals surface area (Å²) >= 11 is 1.93. The van der Waals surface area contributed by atoms with Crippen LogP contribution in [0.15, 0.2) is 30.3 Å². The number of para-hydroxylation sites is 1. The first-order chi connectivity index (χ1) is 11.8. The lowest BCUT2D eigenvalue weighted by molar-refractivity contribution is 0.201. The fraction of sp³-hybridized carbons (Fsp3) is 0.611. The Hall–Kier alpha value is -1.40. The second-order valence-corrected chi connectivity index (χ2v) is 7.57. The van der Waals surface area contributed by atoms with Gasteiger partial charge in [-0.2, -0.15) is 11.8 Å². The van der Waals surface area contributed by atoms with Crippen molar-refractivity contribution in [1.82, 2.24) is 15.1 Å². The molecule has 0 unspecified atom stereocenters. The first-order valence-corrected chi connectivity index (χ1v) is 10.1. The maximum absolute atomic E-state index is 12.0. The Bertz CT molecular complexity index is 499. The summed E-state index contributed by atoms with van der Waals surface area (Å²) in [7, 11) is 0. The minimum Gasteiger partial charge on any atom is -0.369 e. The maximum atomic E-state index is 12.0. The van der Waals surface area contributed by atoms with Crippen molar-refractivity contribution in [3.63, 3.8) is 0 Å². The molecule has 0 saturated carbocycles. The minimum absolute atomic E-state index is 0.115. The van der Waals surface area contributed by atoms with Gasteiger partial charge in [0, 0.05) is 63.0 Å². The Morgan fingerprint density at radius 1 is 1.00 bits per heavy atom. The van der Waals surface area contributed by atoms with E-state index in [1.165, 1.54) is 5.69 Å². The molecule has 3 rings (SSSR count). The molecule has 2 heterocycles. The summed E-state index contributed by atoms with van der Waals surface area (Å²) in [5, 5.41) is 3.07. The van der Waals surface area contributed by atoms with E-state index in [4.69, 9.17) is 0 Å². The monoisotopic (exact) mass is 348 g/mol. The molecule has 0 spiro atoms. The van der Waals surface area contributed by atoms with Gasteiger partial charge in [-0.3, -0.25) is 4.90 Å². The molecule has 6 heteroatoms. The first-order valence-electron chi connectivity index (χ1n) is 8.96. The molecular weight excluding hydrogens is 320 g/mol. The van der Waals surface area contributed by atoms with Crippen LogP contribution in [0.1, 0.15) is 6.42 Å². The molecule has 2 fully saturated rings. The highest BCUT2D eigenvalue weighted by Gasteiger charge is 2.18. The summed E-state index contributed by atoms with van der Waals surface area (Å²) in [5.41, 5.74) is 1.32. The van der Waals surface area contributed by atoms with Gasteiger partial charge in [-0.05, 0) is 25.1 Å². The van der Waals surface area contributed by atoms with E-state index in [0.717, 1.165) is 70.3 Å². The highest BCUT2D eigenvalue weighted by molar-refractivity contribution is 7.99. The van der Waals surface area contributed by atoms with Crippen LogP contribution in [0.4, 0.5) is 10.5 Å². The maximum Gasteiger partial charge on any atom is 0.317 e. The molecule has 132 valence electrons. The first kappa shape index (κ1) is 17.4. The Morgan fingerprint density at radius 2 is 1.71 bits per heavy atom. The van der Waals surface area contributed by atoms with Crippen molar-refractivity contribution in [2.45, 2.75) is 6.42 Å². The van der Waals surface area contributed by atoms with Crippen molar-refractivity contribution in [2.75, 3.05) is 68.8 Å². The number of amides is 2. The van der Waals surface area contributed by atoms with Crippen molar-refractivity contribution >= 4 is 23.5 Å². The van der Waals surface area contributed by atoms with E-state index in [2.05, 4.69) is 45.4 Å². The van der Waals surface area contributed by atoms with E-state index in [-0.39, 0.29) is 6.03 Å². The van der Waals surface area contributed by atoms with Crippen molar-refractivity contribution < 1.29 is 4.79 Å². The molecule has 0 atom stereocenters. The zero-order valence-corrected chi connectivity index (χ0v) is 15.1. The zero-order valence-electron chi connectivity index (χ0n) is 14.3. The predicted molar refractivity (Wildman–Crippen MR) is 102 cm³/mol. The average molecular weight is 349 g/mol. The second kappa shape index (κ2) is 9.18. The largest absolute Gasteiger partial charge is 0.369 e. The average Bonchev–Trinajstić information content (AvgIpc) is 2.67. The van der Waals surface area contributed by atoms with Crippen molar-refractivity contribution in [3.05, 3.63) is 30.3 Å². The molecule has 0 radical (unpaired) electrons. The molecule has 2 aliphatic rings. The quantitative estimate of drug-likeness (QED) is 0.826. The van der Waals surface area contributed by atoms with E-state index in [1.54, 1.807) is 0 Å². The third kappa shape index (κ3) is 5.05. The van der Waals surface area contributed by atoms with Crippen LogP contribution in [0.2, 0.25) is 0 Å². The van der Waals surface area contributed by atoms with Crippen molar-refractivity contribution in [3.8, 4) is 0 Å². The molecule has 0 aliphatic carbocycles. The van der Waals surface area contributed by atoms with Crippen molar-refractivity contribution in [2.24, 2.45) is 0 Å². The number of rotatable bonds is 5. The summed E-state index contributed by atoms with van der Waals surface area (Å²) in [4.78, 5) is 18.9. The van der Waals surface area contributed by atoms with Crippen LogP contribution in [0.5, 0.6) is 0 Å². The molecule has 2 amide bonds.